The Kier molecular flexibility index (Phi) is 5.58. The van der Waals surface area contributed by atoms with Gasteiger partial charge in [-0.3, -0.25) is 0 Å². The highest BCUT2D eigenvalue weighted by Gasteiger charge is 2.50. The van der Waals surface area contributed by atoms with Crippen molar-refractivity contribution >= 4 is 5.97 Å². The topological polar surface area (TPSA) is 46.5 Å². The Labute approximate surface area is 189 Å². The van der Waals surface area contributed by atoms with Crippen LogP contribution in [0.3, 0.4) is 0 Å². The number of esters is 1. The minimum atomic E-state index is -1.82. The van der Waals surface area contributed by atoms with Crippen LogP contribution in [-0.2, 0) is 21.7 Å². The molecule has 1 N–H and O–H groups in total. The van der Waals surface area contributed by atoms with Gasteiger partial charge in [0.25, 0.3) is 0 Å². The molecule has 3 saturated heterocycles. The Balaban J connectivity index is 1.40. The molecule has 0 saturated carbocycles. The molecule has 4 heteroatoms. The number of carbonyl (C=O) groups excluding carboxylic acids is 1. The lowest BCUT2D eigenvalue weighted by Gasteiger charge is -2.52. The third kappa shape index (κ3) is 3.85. The highest BCUT2D eigenvalue weighted by atomic mass is 16.6. The molecule has 164 valence electrons. The normalized spacial score (nSPS) is 24.8. The van der Waals surface area contributed by atoms with E-state index in [0.29, 0.717) is 17.0 Å². The summed E-state index contributed by atoms with van der Waals surface area (Å²) in [5, 5.41) is 11.7. The van der Waals surface area contributed by atoms with Crippen molar-refractivity contribution in [3.05, 3.63) is 108 Å². The van der Waals surface area contributed by atoms with Gasteiger partial charge in [-0.25, -0.2) is 4.79 Å². The number of hydrogen-bond donors (Lipinski definition) is 1. The smallest absolute Gasteiger partial charge is 0.348 e. The van der Waals surface area contributed by atoms with Crippen LogP contribution in [0.1, 0.15) is 29.5 Å². The second-order valence-corrected chi connectivity index (χ2v) is 9.34. The first-order valence-corrected chi connectivity index (χ1v) is 11.5. The molecule has 32 heavy (non-hydrogen) atoms. The molecule has 3 aromatic carbocycles. The standard InChI is InChI=1S/C28H30NO3/c30-27(28(31,24-12-6-2-7-13-24)25-14-8-3-9-15-25)32-26-21-29(18-16-23(26)17-19-29)20-22-10-4-1-5-11-22/h1-15,23,26,31H,16-21H2/q+1. The molecule has 3 aliphatic rings. The zero-order chi connectivity index (χ0) is 22.0. The van der Waals surface area contributed by atoms with Crippen LogP contribution in [-0.4, -0.2) is 41.3 Å². The number of aliphatic hydroxyl groups is 1. The van der Waals surface area contributed by atoms with Crippen molar-refractivity contribution in [2.45, 2.75) is 31.1 Å². The van der Waals surface area contributed by atoms with Crippen molar-refractivity contribution in [1.82, 2.24) is 0 Å². The average Bonchev–Trinajstić information content (AvgIpc) is 2.85. The van der Waals surface area contributed by atoms with Gasteiger partial charge in [-0.15, -0.1) is 0 Å². The van der Waals surface area contributed by atoms with E-state index in [1.54, 1.807) is 24.3 Å². The number of quaternary nitrogens is 1. The molecule has 0 aliphatic carbocycles. The fraction of sp³-hybridized carbons (Fsp3) is 0.321. The summed E-state index contributed by atoms with van der Waals surface area (Å²) >= 11 is 0. The van der Waals surface area contributed by atoms with Crippen LogP contribution in [0.4, 0.5) is 0 Å². The summed E-state index contributed by atoms with van der Waals surface area (Å²) in [6.45, 7) is 4.01. The van der Waals surface area contributed by atoms with E-state index in [2.05, 4.69) is 24.3 Å². The Bertz CT molecular complexity index is 1000. The number of fused-ring (bicyclic) bond motifs is 3. The number of ether oxygens (including phenoxy) is 1. The first kappa shape index (κ1) is 20.9. The summed E-state index contributed by atoms with van der Waals surface area (Å²) < 4.78 is 7.11. The number of hydrogen-bond acceptors (Lipinski definition) is 3. The fourth-order valence-electron chi connectivity index (χ4n) is 5.53. The van der Waals surface area contributed by atoms with Gasteiger partial charge in [0.15, 0.2) is 6.10 Å². The molecule has 3 fully saturated rings. The zero-order valence-corrected chi connectivity index (χ0v) is 18.3. The van der Waals surface area contributed by atoms with E-state index in [0.717, 1.165) is 43.5 Å². The molecular formula is C28H30NO3+. The third-order valence-electron chi connectivity index (χ3n) is 7.34. The molecule has 0 radical (unpaired) electrons. The van der Waals surface area contributed by atoms with E-state index in [1.165, 1.54) is 5.56 Å². The van der Waals surface area contributed by atoms with Crippen LogP contribution >= 0.6 is 0 Å². The zero-order valence-electron chi connectivity index (χ0n) is 18.3. The number of carbonyl (C=O) groups is 1. The van der Waals surface area contributed by atoms with Crippen molar-refractivity contribution < 1.29 is 19.1 Å². The van der Waals surface area contributed by atoms with E-state index < -0.39 is 11.6 Å². The summed E-state index contributed by atoms with van der Waals surface area (Å²) in [5.41, 5.74) is 0.568. The number of piperidine rings is 3. The highest BCUT2D eigenvalue weighted by Crippen LogP contribution is 2.39. The van der Waals surface area contributed by atoms with E-state index >= 15 is 0 Å². The van der Waals surface area contributed by atoms with Gasteiger partial charge in [0, 0.05) is 24.3 Å². The van der Waals surface area contributed by atoms with Crippen molar-refractivity contribution in [3.63, 3.8) is 0 Å². The molecule has 3 heterocycles. The highest BCUT2D eigenvalue weighted by molar-refractivity contribution is 5.85. The second kappa shape index (κ2) is 8.53. The molecular weight excluding hydrogens is 398 g/mol. The lowest BCUT2D eigenvalue weighted by molar-refractivity contribution is -0.958. The van der Waals surface area contributed by atoms with Crippen molar-refractivity contribution in [1.29, 1.82) is 0 Å². The summed E-state index contributed by atoms with van der Waals surface area (Å²) in [5.74, 6) is -0.211. The lowest BCUT2D eigenvalue weighted by Crippen LogP contribution is -2.64. The van der Waals surface area contributed by atoms with E-state index in [-0.39, 0.29) is 6.10 Å². The maximum atomic E-state index is 13.6. The molecule has 2 bridgehead atoms. The van der Waals surface area contributed by atoms with Crippen LogP contribution in [0.25, 0.3) is 0 Å². The molecule has 4 nitrogen and oxygen atoms in total. The first-order valence-electron chi connectivity index (χ1n) is 11.5. The van der Waals surface area contributed by atoms with Crippen LogP contribution < -0.4 is 0 Å². The van der Waals surface area contributed by atoms with Gasteiger partial charge < -0.3 is 14.3 Å². The molecule has 3 aromatic rings. The lowest BCUT2D eigenvalue weighted by atomic mass is 9.82. The molecule has 0 amide bonds. The van der Waals surface area contributed by atoms with Crippen LogP contribution in [0.5, 0.6) is 0 Å². The second-order valence-electron chi connectivity index (χ2n) is 9.34. The van der Waals surface area contributed by atoms with Crippen molar-refractivity contribution in [2.24, 2.45) is 5.92 Å². The quantitative estimate of drug-likeness (QED) is 0.471. The van der Waals surface area contributed by atoms with Crippen LogP contribution in [0, 0.1) is 5.92 Å². The Morgan fingerprint density at radius 2 is 1.34 bits per heavy atom. The van der Waals surface area contributed by atoms with Crippen LogP contribution in [0.2, 0.25) is 0 Å². The van der Waals surface area contributed by atoms with E-state index in [4.69, 9.17) is 4.74 Å². The third-order valence-corrected chi connectivity index (χ3v) is 7.34. The molecule has 1 unspecified atom stereocenters. The largest absolute Gasteiger partial charge is 0.453 e. The van der Waals surface area contributed by atoms with E-state index in [1.807, 2.05) is 42.5 Å². The van der Waals surface area contributed by atoms with Gasteiger partial charge in [0.2, 0.25) is 5.60 Å². The molecule has 0 spiro atoms. The number of nitrogens with zero attached hydrogens (tertiary/aromatic N) is 1. The van der Waals surface area contributed by atoms with Gasteiger partial charge in [-0.1, -0.05) is 91.0 Å². The minimum Gasteiger partial charge on any atom is -0.453 e. The maximum absolute atomic E-state index is 13.6. The SMILES string of the molecule is O=C(OC1C[N+]2(Cc3ccccc3)CCC1CC2)C(O)(c1ccccc1)c1ccccc1. The van der Waals surface area contributed by atoms with Crippen molar-refractivity contribution in [3.8, 4) is 0 Å². The molecule has 6 rings (SSSR count). The summed E-state index contributed by atoms with van der Waals surface area (Å²) in [4.78, 5) is 13.6. The van der Waals surface area contributed by atoms with Gasteiger partial charge in [0.05, 0.1) is 13.1 Å². The van der Waals surface area contributed by atoms with Gasteiger partial charge in [-0.05, 0) is 11.1 Å². The summed E-state index contributed by atoms with van der Waals surface area (Å²) in [7, 11) is 0. The van der Waals surface area contributed by atoms with Gasteiger partial charge >= 0.3 is 5.97 Å². The number of benzene rings is 3. The van der Waals surface area contributed by atoms with E-state index in [9.17, 15) is 9.90 Å². The van der Waals surface area contributed by atoms with Gasteiger partial charge in [0.1, 0.15) is 13.1 Å². The van der Waals surface area contributed by atoms with Crippen molar-refractivity contribution in [2.75, 3.05) is 19.6 Å². The maximum Gasteiger partial charge on any atom is 0.348 e. The molecule has 3 aliphatic heterocycles. The Morgan fingerprint density at radius 3 is 1.88 bits per heavy atom. The Hall–Kier alpha value is -2.95. The van der Waals surface area contributed by atoms with Gasteiger partial charge in [-0.2, -0.15) is 0 Å². The average molecular weight is 429 g/mol. The first-order chi connectivity index (χ1) is 15.6. The van der Waals surface area contributed by atoms with Crippen LogP contribution in [0.15, 0.2) is 91.0 Å². The number of rotatable bonds is 6. The summed E-state index contributed by atoms with van der Waals surface area (Å²) in [6.07, 6.45) is 1.94. The fourth-order valence-corrected chi connectivity index (χ4v) is 5.53. The predicted octanol–water partition coefficient (Wildman–Crippen LogP) is 4.27. The molecule has 0 aromatic heterocycles. The monoisotopic (exact) mass is 428 g/mol. The molecule has 1 atom stereocenters. The minimum absolute atomic E-state index is 0.173. The Morgan fingerprint density at radius 1 is 0.844 bits per heavy atom. The predicted molar refractivity (Wildman–Crippen MR) is 123 cm³/mol. The summed E-state index contributed by atoms with van der Waals surface area (Å²) in [6, 6.07) is 28.8.